The molecule has 1 atom stereocenters. The van der Waals surface area contributed by atoms with Crippen molar-refractivity contribution in [2.75, 3.05) is 13.1 Å². The fraction of sp³-hybridized carbons (Fsp3) is 0.450. The smallest absolute Gasteiger partial charge is 0.252 e. The van der Waals surface area contributed by atoms with Crippen molar-refractivity contribution in [1.82, 2.24) is 9.62 Å². The van der Waals surface area contributed by atoms with Crippen LogP contribution in [0.2, 0.25) is 0 Å². The van der Waals surface area contributed by atoms with Crippen molar-refractivity contribution >= 4 is 27.3 Å². The lowest BCUT2D eigenvalue weighted by Gasteiger charge is -2.33. The van der Waals surface area contributed by atoms with E-state index in [9.17, 15) is 13.2 Å². The summed E-state index contributed by atoms with van der Waals surface area (Å²) in [6.45, 7) is 5.46. The van der Waals surface area contributed by atoms with E-state index >= 15 is 0 Å². The summed E-state index contributed by atoms with van der Waals surface area (Å²) >= 11 is 1.25. The molecule has 1 aliphatic heterocycles. The van der Waals surface area contributed by atoms with E-state index in [1.165, 1.54) is 11.3 Å². The molecule has 7 heteroatoms. The van der Waals surface area contributed by atoms with Crippen molar-refractivity contribution in [2.45, 2.75) is 37.4 Å². The molecule has 0 spiro atoms. The Morgan fingerprint density at radius 2 is 1.93 bits per heavy atom. The Morgan fingerprint density at radius 1 is 1.22 bits per heavy atom. The lowest BCUT2D eigenvalue weighted by Crippen LogP contribution is -2.42. The molecule has 146 valence electrons. The summed E-state index contributed by atoms with van der Waals surface area (Å²) in [5.74, 6) is 0.120. The predicted molar refractivity (Wildman–Crippen MR) is 108 cm³/mol. The Hall–Kier alpha value is -1.70. The number of hydrogen-bond donors (Lipinski definition) is 1. The lowest BCUT2D eigenvalue weighted by molar-refractivity contribution is -0.126. The van der Waals surface area contributed by atoms with Gasteiger partial charge in [-0.1, -0.05) is 37.3 Å². The first kappa shape index (κ1) is 20.0. The molecule has 1 aliphatic rings. The number of aryl methyl sites for hydroxylation is 1. The van der Waals surface area contributed by atoms with Gasteiger partial charge >= 0.3 is 0 Å². The molecule has 5 nitrogen and oxygen atoms in total. The predicted octanol–water partition coefficient (Wildman–Crippen LogP) is 3.41. The van der Waals surface area contributed by atoms with Gasteiger partial charge in [0.25, 0.3) is 10.0 Å². The largest absolute Gasteiger partial charge is 0.352 e. The second-order valence-corrected chi connectivity index (χ2v) is 10.2. The zero-order chi connectivity index (χ0) is 19.4. The van der Waals surface area contributed by atoms with Crippen molar-refractivity contribution in [3.63, 3.8) is 0 Å². The first-order valence-corrected chi connectivity index (χ1v) is 11.6. The molecule has 2 aromatic rings. The van der Waals surface area contributed by atoms with Crippen molar-refractivity contribution < 1.29 is 13.2 Å². The number of thiophene rings is 1. The van der Waals surface area contributed by atoms with Crippen LogP contribution in [0.3, 0.4) is 0 Å². The fourth-order valence-electron chi connectivity index (χ4n) is 3.52. The van der Waals surface area contributed by atoms with Crippen molar-refractivity contribution in [3.05, 3.63) is 52.9 Å². The second kappa shape index (κ2) is 8.54. The number of carbonyl (C=O) groups is 1. The molecule has 0 radical (unpaired) electrons. The molecule has 1 aromatic heterocycles. The Balaban J connectivity index is 1.53. The van der Waals surface area contributed by atoms with Crippen molar-refractivity contribution in [2.24, 2.45) is 11.8 Å². The average molecular weight is 407 g/mol. The van der Waals surface area contributed by atoms with E-state index in [0.717, 1.165) is 11.1 Å². The zero-order valence-corrected chi connectivity index (χ0v) is 17.4. The normalized spacial score (nSPS) is 17.6. The molecule has 1 amide bonds. The number of sulfonamides is 1. The van der Waals surface area contributed by atoms with Crippen LogP contribution in [0.4, 0.5) is 0 Å². The number of nitrogens with one attached hydrogen (secondary N) is 1. The Labute approximate surface area is 165 Å². The van der Waals surface area contributed by atoms with Gasteiger partial charge in [0.15, 0.2) is 0 Å². The van der Waals surface area contributed by atoms with Gasteiger partial charge in [0.05, 0.1) is 0 Å². The van der Waals surface area contributed by atoms with Gasteiger partial charge in [0.1, 0.15) is 4.21 Å². The van der Waals surface area contributed by atoms with Crippen LogP contribution in [0.15, 0.2) is 46.0 Å². The minimum Gasteiger partial charge on any atom is -0.352 e. The van der Waals surface area contributed by atoms with E-state index in [2.05, 4.69) is 5.32 Å². The minimum atomic E-state index is -3.39. The summed E-state index contributed by atoms with van der Waals surface area (Å²) in [6.07, 6.45) is 1.42. The van der Waals surface area contributed by atoms with E-state index in [4.69, 9.17) is 0 Å². The van der Waals surface area contributed by atoms with Gasteiger partial charge in [-0.15, -0.1) is 11.3 Å². The van der Waals surface area contributed by atoms with Gasteiger partial charge in [0.2, 0.25) is 5.91 Å². The summed E-state index contributed by atoms with van der Waals surface area (Å²) in [5.41, 5.74) is 2.28. The van der Waals surface area contributed by atoms with Crippen LogP contribution >= 0.6 is 11.3 Å². The number of nitrogens with zero attached hydrogens (tertiary/aromatic N) is 1. The third-order valence-corrected chi connectivity index (χ3v) is 8.69. The van der Waals surface area contributed by atoms with Gasteiger partial charge in [-0.3, -0.25) is 4.79 Å². The van der Waals surface area contributed by atoms with Gasteiger partial charge < -0.3 is 5.32 Å². The van der Waals surface area contributed by atoms with Gasteiger partial charge in [-0.25, -0.2) is 8.42 Å². The van der Waals surface area contributed by atoms with Crippen LogP contribution in [0.25, 0.3) is 0 Å². The molecule has 0 saturated carbocycles. The third kappa shape index (κ3) is 4.59. The number of carbonyl (C=O) groups excluding carboxylic acids is 1. The summed E-state index contributed by atoms with van der Waals surface area (Å²) in [7, 11) is -3.39. The van der Waals surface area contributed by atoms with Crippen LogP contribution < -0.4 is 5.32 Å². The molecule has 0 bridgehead atoms. The molecule has 1 saturated heterocycles. The summed E-state index contributed by atoms with van der Waals surface area (Å²) in [6, 6.07) is 11.4. The highest BCUT2D eigenvalue weighted by atomic mass is 32.2. The molecule has 27 heavy (non-hydrogen) atoms. The van der Waals surface area contributed by atoms with Gasteiger partial charge in [0, 0.05) is 25.6 Å². The molecule has 0 aliphatic carbocycles. The summed E-state index contributed by atoms with van der Waals surface area (Å²) in [4.78, 5) is 12.6. The highest BCUT2D eigenvalue weighted by molar-refractivity contribution is 7.91. The number of hydrogen-bond acceptors (Lipinski definition) is 4. The topological polar surface area (TPSA) is 66.5 Å². The van der Waals surface area contributed by atoms with E-state index < -0.39 is 10.0 Å². The van der Waals surface area contributed by atoms with Gasteiger partial charge in [-0.2, -0.15) is 4.31 Å². The maximum atomic E-state index is 12.6. The highest BCUT2D eigenvalue weighted by Gasteiger charge is 2.33. The number of amides is 1. The zero-order valence-electron chi connectivity index (χ0n) is 15.7. The number of benzene rings is 1. The van der Waals surface area contributed by atoms with Crippen LogP contribution in [-0.2, 0) is 21.4 Å². The van der Waals surface area contributed by atoms with Crippen LogP contribution in [0, 0.1) is 18.8 Å². The number of rotatable bonds is 6. The average Bonchev–Trinajstić information content (AvgIpc) is 3.22. The maximum absolute atomic E-state index is 12.6. The minimum absolute atomic E-state index is 0.0396. The van der Waals surface area contributed by atoms with Crippen LogP contribution in [0.5, 0.6) is 0 Å². The first-order valence-electron chi connectivity index (χ1n) is 9.25. The third-order valence-electron chi connectivity index (χ3n) is 5.42. The lowest BCUT2D eigenvalue weighted by atomic mass is 9.85. The van der Waals surface area contributed by atoms with Crippen LogP contribution in [0.1, 0.15) is 30.9 Å². The molecular formula is C20H26N2O3S2. The van der Waals surface area contributed by atoms with Crippen LogP contribution in [-0.4, -0.2) is 31.7 Å². The molecule has 1 fully saturated rings. The molecule has 3 rings (SSSR count). The van der Waals surface area contributed by atoms with E-state index in [1.54, 1.807) is 21.8 Å². The van der Waals surface area contributed by atoms with Crippen molar-refractivity contribution in [3.8, 4) is 0 Å². The summed E-state index contributed by atoms with van der Waals surface area (Å²) in [5, 5.41) is 4.81. The van der Waals surface area contributed by atoms with E-state index in [0.29, 0.717) is 36.7 Å². The highest BCUT2D eigenvalue weighted by Crippen LogP contribution is 2.30. The standard InChI is InChI=1S/C20H26N2O3S2/c1-15-6-3-4-7-18(15)14-21-20(23)16(2)17-9-11-22(12-10-17)27(24,25)19-8-5-13-26-19/h3-8,13,16-17H,9-12,14H2,1-2H3,(H,21,23)/t16-/m0/s1. The SMILES string of the molecule is Cc1ccccc1CNC(=O)[C@@H](C)C1CCN(S(=O)(=O)c2cccs2)CC1. The molecular weight excluding hydrogens is 380 g/mol. The van der Waals surface area contributed by atoms with E-state index in [1.807, 2.05) is 38.1 Å². The molecule has 0 unspecified atom stereocenters. The Kier molecular flexibility index (Phi) is 6.34. The van der Waals surface area contributed by atoms with E-state index in [-0.39, 0.29) is 17.7 Å². The van der Waals surface area contributed by atoms with Gasteiger partial charge in [-0.05, 0) is 48.3 Å². The Morgan fingerprint density at radius 3 is 2.56 bits per heavy atom. The molecule has 1 aromatic carbocycles. The quantitative estimate of drug-likeness (QED) is 0.799. The second-order valence-electron chi connectivity index (χ2n) is 7.11. The van der Waals surface area contributed by atoms with Crippen molar-refractivity contribution in [1.29, 1.82) is 0 Å². The monoisotopic (exact) mass is 406 g/mol. The fourth-order valence-corrected chi connectivity index (χ4v) is 6.13. The Bertz CT molecular complexity index is 870. The number of piperidine rings is 1. The molecule has 1 N–H and O–H groups in total. The maximum Gasteiger partial charge on any atom is 0.252 e. The summed E-state index contributed by atoms with van der Waals surface area (Å²) < 4.78 is 27.2. The molecule has 2 heterocycles. The first-order chi connectivity index (χ1) is 12.9.